The predicted octanol–water partition coefficient (Wildman–Crippen LogP) is 7.92. The summed E-state index contributed by atoms with van der Waals surface area (Å²) in [4.78, 5) is 52.8. The highest BCUT2D eigenvalue weighted by molar-refractivity contribution is 5.96. The summed E-state index contributed by atoms with van der Waals surface area (Å²) in [5.74, 6) is -1.14. The Kier molecular flexibility index (Phi) is 13.6. The van der Waals surface area contributed by atoms with Crippen LogP contribution in [0, 0.1) is 0 Å². The number of anilines is 1. The van der Waals surface area contributed by atoms with Gasteiger partial charge in [0.2, 0.25) is 5.88 Å². The summed E-state index contributed by atoms with van der Waals surface area (Å²) < 4.78 is 105. The van der Waals surface area contributed by atoms with Gasteiger partial charge in [0, 0.05) is 30.1 Å². The number of carbonyl (C=O) groups is 3. The number of halogens is 6. The van der Waals surface area contributed by atoms with E-state index in [4.69, 9.17) is 18.9 Å². The first kappa shape index (κ1) is 42.9. The van der Waals surface area contributed by atoms with Crippen molar-refractivity contribution in [1.29, 1.82) is 0 Å². The van der Waals surface area contributed by atoms with E-state index in [1.165, 1.54) is 18.1 Å². The van der Waals surface area contributed by atoms with Gasteiger partial charge in [-0.05, 0) is 61.2 Å². The summed E-state index contributed by atoms with van der Waals surface area (Å²) in [5.41, 5.74) is -2.80. The van der Waals surface area contributed by atoms with Crippen LogP contribution in [0.25, 0.3) is 6.08 Å². The van der Waals surface area contributed by atoms with Crippen molar-refractivity contribution in [2.45, 2.75) is 63.8 Å². The Hall–Kier alpha value is -6.24. The molecule has 3 heterocycles. The number of pyridine rings is 1. The number of ether oxygens (including phenoxy) is 4. The van der Waals surface area contributed by atoms with Crippen molar-refractivity contribution in [2.75, 3.05) is 25.7 Å². The fraction of sp³-hybridized carbons (Fsp3) is 0.333. The van der Waals surface area contributed by atoms with Gasteiger partial charge in [0.15, 0.2) is 0 Å². The molecule has 0 aliphatic carbocycles. The number of hydrogen-bond acceptors (Lipinski definition) is 11. The summed E-state index contributed by atoms with van der Waals surface area (Å²) in [7, 11) is 2.41. The van der Waals surface area contributed by atoms with Crippen molar-refractivity contribution >= 4 is 29.9 Å². The minimum atomic E-state index is -5.17. The van der Waals surface area contributed by atoms with Crippen LogP contribution < -0.4 is 20.3 Å². The van der Waals surface area contributed by atoms with Gasteiger partial charge in [-0.2, -0.15) is 26.3 Å². The average molecular weight is 817 g/mol. The zero-order valence-corrected chi connectivity index (χ0v) is 31.5. The number of aromatic nitrogens is 3. The van der Waals surface area contributed by atoms with Crippen LogP contribution in [0.4, 0.5) is 41.6 Å². The normalized spacial score (nSPS) is 16.2. The van der Waals surface area contributed by atoms with Gasteiger partial charge in [0.1, 0.15) is 18.1 Å². The lowest BCUT2D eigenvalue weighted by Crippen LogP contribution is -2.48. The molecule has 1 aliphatic heterocycles. The van der Waals surface area contributed by atoms with E-state index in [1.54, 1.807) is 50.2 Å². The number of alkyl halides is 6. The molecule has 19 heteroatoms. The van der Waals surface area contributed by atoms with Crippen molar-refractivity contribution in [1.82, 2.24) is 25.6 Å². The van der Waals surface area contributed by atoms with Crippen LogP contribution in [-0.4, -0.2) is 60.0 Å². The summed E-state index contributed by atoms with van der Waals surface area (Å²) in [6.45, 7) is 3.37. The molecular formula is C39H38F6N6O7. The molecule has 0 saturated carbocycles. The number of esters is 1. The Bertz CT molecular complexity index is 2080. The Morgan fingerprint density at radius 1 is 0.914 bits per heavy atom. The maximum absolute atomic E-state index is 14.1. The number of fused-ring (bicyclic) bond motifs is 1. The minimum Gasteiger partial charge on any atom is -0.481 e. The fourth-order valence-electron chi connectivity index (χ4n) is 6.18. The first-order valence-electron chi connectivity index (χ1n) is 17.7. The molecule has 1 aliphatic rings. The smallest absolute Gasteiger partial charge is 0.416 e. The number of rotatable bonds is 12. The van der Waals surface area contributed by atoms with Crippen molar-refractivity contribution in [3.05, 3.63) is 118 Å². The highest BCUT2D eigenvalue weighted by atomic mass is 19.4. The van der Waals surface area contributed by atoms with E-state index in [-0.39, 0.29) is 54.4 Å². The number of benzene rings is 2. The van der Waals surface area contributed by atoms with Gasteiger partial charge < -0.3 is 18.9 Å². The van der Waals surface area contributed by atoms with Gasteiger partial charge in [-0.15, -0.1) is 0 Å². The molecule has 58 heavy (non-hydrogen) atoms. The molecule has 0 saturated heterocycles. The molecule has 2 amide bonds. The van der Waals surface area contributed by atoms with E-state index < -0.39 is 71.0 Å². The molecule has 13 nitrogen and oxygen atoms in total. The third kappa shape index (κ3) is 10.4. The molecule has 0 spiro atoms. The number of nitrogens with zero attached hydrogens (tertiary/aromatic N) is 4. The standard InChI is InChI=1S/C39H38F6N6O7/c1-5-27-18-28(33-30(12-13-31(50-33)55-3)51(27)37(54)57-6-2)48-32(24-15-25(38(40,41)42)17-26(16-24)39(43,44)45)34-46-19-23(20-47-34)14-29(35(52)56-4)49-36(53)58-21-22-10-8-7-9-11-22/h7-17,19-20,27-28,32,48H,5-6,18,21H2,1-4H3,(H,49,53)/t27-,28+,32?/m1/s1. The molecule has 0 bridgehead atoms. The molecular weight excluding hydrogens is 778 g/mol. The van der Waals surface area contributed by atoms with Crippen LogP contribution in [0.15, 0.2) is 78.8 Å². The number of nitrogens with one attached hydrogen (secondary N) is 2. The molecule has 2 aromatic carbocycles. The van der Waals surface area contributed by atoms with Gasteiger partial charge in [-0.1, -0.05) is 37.3 Å². The topological polar surface area (TPSA) is 154 Å². The minimum absolute atomic E-state index is 0.00811. The van der Waals surface area contributed by atoms with Gasteiger partial charge in [0.05, 0.1) is 55.4 Å². The Balaban J connectivity index is 1.58. The van der Waals surface area contributed by atoms with Crippen LogP contribution in [0.1, 0.15) is 78.1 Å². The highest BCUT2D eigenvalue weighted by Crippen LogP contribution is 2.42. The van der Waals surface area contributed by atoms with Crippen molar-refractivity contribution in [3.63, 3.8) is 0 Å². The van der Waals surface area contributed by atoms with Crippen molar-refractivity contribution in [3.8, 4) is 5.88 Å². The number of carbonyl (C=O) groups excluding carboxylic acids is 3. The van der Waals surface area contributed by atoms with E-state index in [9.17, 15) is 40.7 Å². The maximum Gasteiger partial charge on any atom is 0.416 e. The van der Waals surface area contributed by atoms with E-state index in [1.807, 2.05) is 0 Å². The monoisotopic (exact) mass is 816 g/mol. The molecule has 5 rings (SSSR count). The summed E-state index contributed by atoms with van der Waals surface area (Å²) in [6, 6.07) is 9.86. The van der Waals surface area contributed by atoms with Gasteiger partial charge in [0.25, 0.3) is 0 Å². The first-order valence-corrected chi connectivity index (χ1v) is 17.7. The van der Waals surface area contributed by atoms with Crippen molar-refractivity contribution < 1.29 is 59.7 Å². The van der Waals surface area contributed by atoms with Crippen LogP contribution in [0.2, 0.25) is 0 Å². The lowest BCUT2D eigenvalue weighted by Gasteiger charge is -2.40. The molecule has 2 N–H and O–H groups in total. The van der Waals surface area contributed by atoms with Crippen molar-refractivity contribution in [2.24, 2.45) is 0 Å². The summed E-state index contributed by atoms with van der Waals surface area (Å²) >= 11 is 0. The zero-order valence-electron chi connectivity index (χ0n) is 31.5. The highest BCUT2D eigenvalue weighted by Gasteiger charge is 2.41. The lowest BCUT2D eigenvalue weighted by atomic mass is 9.91. The van der Waals surface area contributed by atoms with E-state index in [0.29, 0.717) is 24.1 Å². The number of alkyl carbamates (subject to hydrolysis) is 1. The van der Waals surface area contributed by atoms with Gasteiger partial charge >= 0.3 is 30.5 Å². The van der Waals surface area contributed by atoms with Crippen LogP contribution in [0.5, 0.6) is 5.88 Å². The molecule has 0 radical (unpaired) electrons. The second kappa shape index (κ2) is 18.4. The van der Waals surface area contributed by atoms with Gasteiger partial charge in [-0.25, -0.2) is 29.3 Å². The Labute approximate surface area is 328 Å². The van der Waals surface area contributed by atoms with Crippen LogP contribution >= 0.6 is 0 Å². The Morgan fingerprint density at radius 3 is 2.14 bits per heavy atom. The second-order valence-electron chi connectivity index (χ2n) is 12.7. The lowest BCUT2D eigenvalue weighted by molar-refractivity contribution is -0.143. The van der Waals surface area contributed by atoms with Crippen LogP contribution in [0.3, 0.4) is 0 Å². The molecule has 308 valence electrons. The number of hydrogen-bond donors (Lipinski definition) is 2. The summed E-state index contributed by atoms with van der Waals surface area (Å²) in [6.07, 6.45) is -8.14. The third-order valence-electron chi connectivity index (χ3n) is 8.91. The van der Waals surface area contributed by atoms with Crippen LogP contribution in [-0.2, 0) is 38.0 Å². The maximum atomic E-state index is 14.1. The second-order valence-corrected chi connectivity index (χ2v) is 12.7. The number of methoxy groups -OCH3 is 2. The molecule has 4 aromatic rings. The first-order chi connectivity index (χ1) is 27.6. The van der Waals surface area contributed by atoms with E-state index in [2.05, 4.69) is 25.6 Å². The SMILES string of the molecule is CCOC(=O)N1c2ccc(OC)nc2[C@@H](NC(c2cc(C(F)(F)F)cc(C(F)(F)F)c2)c2ncc(C=C(NC(=O)OCc3ccccc3)C(=O)OC)cn2)C[C@H]1CC. The van der Waals surface area contributed by atoms with E-state index in [0.717, 1.165) is 25.6 Å². The average Bonchev–Trinajstić information content (AvgIpc) is 3.20. The van der Waals surface area contributed by atoms with Gasteiger partial charge in [-0.3, -0.25) is 15.5 Å². The summed E-state index contributed by atoms with van der Waals surface area (Å²) in [5, 5.41) is 5.41. The number of amides is 2. The largest absolute Gasteiger partial charge is 0.481 e. The zero-order chi connectivity index (χ0) is 42.2. The third-order valence-corrected chi connectivity index (χ3v) is 8.91. The molecule has 3 atom stereocenters. The molecule has 0 fully saturated rings. The fourth-order valence-corrected chi connectivity index (χ4v) is 6.18. The van der Waals surface area contributed by atoms with E-state index >= 15 is 0 Å². The predicted molar refractivity (Wildman–Crippen MR) is 195 cm³/mol. The molecule has 1 unspecified atom stereocenters. The molecule has 2 aromatic heterocycles. The quantitative estimate of drug-likeness (QED) is 0.0621. The Morgan fingerprint density at radius 2 is 1.57 bits per heavy atom.